The van der Waals surface area contributed by atoms with Gasteiger partial charge in [-0.15, -0.1) is 0 Å². The molecule has 1 aliphatic rings. The first-order valence-corrected chi connectivity index (χ1v) is 7.72. The van der Waals surface area contributed by atoms with E-state index in [0.717, 1.165) is 24.5 Å². The molecule has 0 aromatic heterocycles. The number of nitrogens with zero attached hydrogens (tertiary/aromatic N) is 2. The van der Waals surface area contributed by atoms with Crippen molar-refractivity contribution < 1.29 is 9.53 Å². The standard InChI is InChI=1S/C18H21N3O2/c1-23-17-9-5-4-8-16(17)20-10-12-21(13-11-20)18(22)14-6-2-3-7-15(14)19/h2-9H,10-13,19H2,1H3. The van der Waals surface area contributed by atoms with E-state index >= 15 is 0 Å². The smallest absolute Gasteiger partial charge is 0.256 e. The number of amides is 1. The van der Waals surface area contributed by atoms with Crippen molar-refractivity contribution in [2.75, 3.05) is 43.9 Å². The van der Waals surface area contributed by atoms with Gasteiger partial charge in [0.1, 0.15) is 5.75 Å². The van der Waals surface area contributed by atoms with E-state index < -0.39 is 0 Å². The third-order valence-corrected chi connectivity index (χ3v) is 4.18. The van der Waals surface area contributed by atoms with E-state index in [4.69, 9.17) is 10.5 Å². The predicted molar refractivity (Wildman–Crippen MR) is 92.0 cm³/mol. The van der Waals surface area contributed by atoms with Gasteiger partial charge in [-0.25, -0.2) is 0 Å². The lowest BCUT2D eigenvalue weighted by Gasteiger charge is -2.36. The molecule has 2 N–H and O–H groups in total. The van der Waals surface area contributed by atoms with Gasteiger partial charge in [-0.3, -0.25) is 4.79 Å². The Bertz CT molecular complexity index is 694. The van der Waals surface area contributed by atoms with Crippen molar-refractivity contribution in [1.29, 1.82) is 0 Å². The summed E-state index contributed by atoms with van der Waals surface area (Å²) in [5, 5.41) is 0. The van der Waals surface area contributed by atoms with Gasteiger partial charge < -0.3 is 20.3 Å². The number of nitrogen functional groups attached to an aromatic ring is 1. The molecule has 0 aliphatic carbocycles. The highest BCUT2D eigenvalue weighted by atomic mass is 16.5. The van der Waals surface area contributed by atoms with Crippen LogP contribution in [0.15, 0.2) is 48.5 Å². The summed E-state index contributed by atoms with van der Waals surface area (Å²) in [5.41, 5.74) is 8.09. The zero-order valence-electron chi connectivity index (χ0n) is 13.2. The van der Waals surface area contributed by atoms with E-state index in [1.54, 1.807) is 19.2 Å². The minimum absolute atomic E-state index is 0.00257. The lowest BCUT2D eigenvalue weighted by atomic mass is 10.1. The van der Waals surface area contributed by atoms with Gasteiger partial charge in [0.15, 0.2) is 0 Å². The molecule has 5 heteroatoms. The van der Waals surface area contributed by atoms with Crippen LogP contribution in [-0.2, 0) is 0 Å². The van der Waals surface area contributed by atoms with Crippen molar-refractivity contribution in [1.82, 2.24) is 4.90 Å². The molecular weight excluding hydrogens is 290 g/mol. The Morgan fingerprint density at radius 2 is 1.65 bits per heavy atom. The van der Waals surface area contributed by atoms with Crippen LogP contribution in [0.1, 0.15) is 10.4 Å². The zero-order chi connectivity index (χ0) is 16.2. The highest BCUT2D eigenvalue weighted by Crippen LogP contribution is 2.28. The molecule has 0 atom stereocenters. The Morgan fingerprint density at radius 3 is 2.35 bits per heavy atom. The fourth-order valence-corrected chi connectivity index (χ4v) is 2.90. The number of ether oxygens (including phenoxy) is 1. The summed E-state index contributed by atoms with van der Waals surface area (Å²) >= 11 is 0. The van der Waals surface area contributed by atoms with Crippen LogP contribution in [0.4, 0.5) is 11.4 Å². The molecule has 0 radical (unpaired) electrons. The van der Waals surface area contributed by atoms with Gasteiger partial charge in [0.2, 0.25) is 0 Å². The number of hydrogen-bond acceptors (Lipinski definition) is 4. The first kappa shape index (κ1) is 15.2. The predicted octanol–water partition coefficient (Wildman–Crippen LogP) is 2.24. The van der Waals surface area contributed by atoms with Crippen molar-refractivity contribution in [3.05, 3.63) is 54.1 Å². The van der Waals surface area contributed by atoms with Gasteiger partial charge in [-0.2, -0.15) is 0 Å². The Hall–Kier alpha value is -2.69. The van der Waals surface area contributed by atoms with Gasteiger partial charge in [-0.1, -0.05) is 24.3 Å². The molecule has 1 heterocycles. The number of methoxy groups -OCH3 is 1. The highest BCUT2D eigenvalue weighted by molar-refractivity contribution is 5.99. The SMILES string of the molecule is COc1ccccc1N1CCN(C(=O)c2ccccc2N)CC1. The maximum Gasteiger partial charge on any atom is 0.256 e. The number of anilines is 2. The number of carbonyl (C=O) groups is 1. The average Bonchev–Trinajstić information content (AvgIpc) is 2.61. The summed E-state index contributed by atoms with van der Waals surface area (Å²) in [6.45, 7) is 2.90. The fraction of sp³-hybridized carbons (Fsp3) is 0.278. The molecule has 23 heavy (non-hydrogen) atoms. The first-order chi connectivity index (χ1) is 11.2. The van der Waals surface area contributed by atoms with Crippen molar-refractivity contribution >= 4 is 17.3 Å². The third-order valence-electron chi connectivity index (χ3n) is 4.18. The average molecular weight is 311 g/mol. The summed E-state index contributed by atoms with van der Waals surface area (Å²) in [6.07, 6.45) is 0. The number of rotatable bonds is 3. The summed E-state index contributed by atoms with van der Waals surface area (Å²) in [4.78, 5) is 16.7. The van der Waals surface area contributed by atoms with Gasteiger partial charge in [0.25, 0.3) is 5.91 Å². The van der Waals surface area contributed by atoms with Gasteiger partial charge >= 0.3 is 0 Å². The molecule has 1 amide bonds. The number of benzene rings is 2. The van der Waals surface area contributed by atoms with Crippen LogP contribution in [0.2, 0.25) is 0 Å². The van der Waals surface area contributed by atoms with Crippen LogP contribution in [0, 0.1) is 0 Å². The van der Waals surface area contributed by atoms with Crippen LogP contribution in [0.5, 0.6) is 5.75 Å². The third kappa shape index (κ3) is 3.08. The van der Waals surface area contributed by atoms with Crippen molar-refractivity contribution in [2.24, 2.45) is 0 Å². The van der Waals surface area contributed by atoms with Crippen molar-refractivity contribution in [3.8, 4) is 5.75 Å². The molecule has 0 saturated carbocycles. The van der Waals surface area contributed by atoms with Crippen molar-refractivity contribution in [3.63, 3.8) is 0 Å². The minimum atomic E-state index is 0.00257. The lowest BCUT2D eigenvalue weighted by Crippen LogP contribution is -2.49. The topological polar surface area (TPSA) is 58.8 Å². The molecule has 0 bridgehead atoms. The van der Waals surface area contributed by atoms with Crippen LogP contribution in [0.25, 0.3) is 0 Å². The summed E-state index contributed by atoms with van der Waals surface area (Å²) < 4.78 is 5.42. The maximum atomic E-state index is 12.6. The Balaban J connectivity index is 1.69. The monoisotopic (exact) mass is 311 g/mol. The van der Waals surface area contributed by atoms with Crippen molar-refractivity contribution in [2.45, 2.75) is 0 Å². The van der Waals surface area contributed by atoms with E-state index in [0.29, 0.717) is 24.3 Å². The molecule has 1 aliphatic heterocycles. The first-order valence-electron chi connectivity index (χ1n) is 7.72. The van der Waals surface area contributed by atoms with Crippen LogP contribution in [0.3, 0.4) is 0 Å². The molecule has 3 rings (SSSR count). The van der Waals surface area contributed by atoms with Gasteiger partial charge in [0, 0.05) is 31.9 Å². The zero-order valence-corrected chi connectivity index (χ0v) is 13.2. The Labute approximate surface area is 136 Å². The van der Waals surface area contributed by atoms with E-state index in [2.05, 4.69) is 4.90 Å². The minimum Gasteiger partial charge on any atom is -0.495 e. The molecule has 120 valence electrons. The molecule has 1 fully saturated rings. The second kappa shape index (κ2) is 6.60. The molecule has 2 aromatic rings. The number of piperazine rings is 1. The largest absolute Gasteiger partial charge is 0.495 e. The number of para-hydroxylation sites is 3. The quantitative estimate of drug-likeness (QED) is 0.883. The number of hydrogen-bond donors (Lipinski definition) is 1. The molecule has 1 saturated heterocycles. The normalized spacial score (nSPS) is 14.7. The Morgan fingerprint density at radius 1 is 1.00 bits per heavy atom. The molecule has 5 nitrogen and oxygen atoms in total. The van der Waals surface area contributed by atoms with Crippen LogP contribution < -0.4 is 15.4 Å². The summed E-state index contributed by atoms with van der Waals surface area (Å²) in [7, 11) is 1.68. The lowest BCUT2D eigenvalue weighted by molar-refractivity contribution is 0.0748. The number of carbonyl (C=O) groups excluding carboxylic acids is 1. The maximum absolute atomic E-state index is 12.6. The molecule has 0 spiro atoms. The van der Waals surface area contributed by atoms with E-state index in [-0.39, 0.29) is 5.91 Å². The summed E-state index contributed by atoms with van der Waals surface area (Å²) in [5.74, 6) is 0.863. The van der Waals surface area contributed by atoms with Gasteiger partial charge in [0.05, 0.1) is 18.4 Å². The second-order valence-electron chi connectivity index (χ2n) is 5.54. The molecular formula is C18H21N3O2. The fourth-order valence-electron chi connectivity index (χ4n) is 2.90. The van der Waals surface area contributed by atoms with Crippen LogP contribution in [-0.4, -0.2) is 44.1 Å². The second-order valence-corrected chi connectivity index (χ2v) is 5.54. The Kier molecular flexibility index (Phi) is 4.37. The highest BCUT2D eigenvalue weighted by Gasteiger charge is 2.24. The van der Waals surface area contributed by atoms with E-state index in [1.807, 2.05) is 41.3 Å². The van der Waals surface area contributed by atoms with Gasteiger partial charge in [-0.05, 0) is 24.3 Å². The number of nitrogens with two attached hydrogens (primary N) is 1. The molecule has 0 unspecified atom stereocenters. The van der Waals surface area contributed by atoms with E-state index in [9.17, 15) is 4.79 Å². The van der Waals surface area contributed by atoms with Crippen LogP contribution >= 0.6 is 0 Å². The summed E-state index contributed by atoms with van der Waals surface area (Å²) in [6, 6.07) is 15.2. The molecule has 2 aromatic carbocycles. The van der Waals surface area contributed by atoms with E-state index in [1.165, 1.54) is 0 Å².